The SMILES string of the molecule is C1=CN=Cc2ncccc2C=1.CC. The smallest absolute Gasteiger partial charge is 0.0890 e. The first-order chi connectivity index (χ1) is 6.47. The first-order valence-electron chi connectivity index (χ1n) is 4.36. The van der Waals surface area contributed by atoms with Crippen molar-refractivity contribution in [1.82, 2.24) is 4.98 Å². The molecule has 0 spiro atoms. The van der Waals surface area contributed by atoms with Crippen molar-refractivity contribution in [2.24, 2.45) is 4.99 Å². The largest absolute Gasteiger partial charge is 0.255 e. The Hall–Kier alpha value is -1.66. The standard InChI is InChI=1S/C9H6N2.C2H6/c1-3-8-4-2-6-11-9(8)7-10-5-1;1-2/h2-7H;1-2H3. The van der Waals surface area contributed by atoms with Crippen molar-refractivity contribution in [1.29, 1.82) is 0 Å². The van der Waals surface area contributed by atoms with E-state index in [0.717, 1.165) is 11.3 Å². The summed E-state index contributed by atoms with van der Waals surface area (Å²) in [7, 11) is 0. The lowest BCUT2D eigenvalue weighted by molar-refractivity contribution is 1.29. The van der Waals surface area contributed by atoms with Crippen LogP contribution >= 0.6 is 0 Å². The molecule has 0 aromatic carbocycles. The number of hydrogen-bond acceptors (Lipinski definition) is 2. The molecule has 0 bridgehead atoms. The zero-order chi connectivity index (χ0) is 9.52. The van der Waals surface area contributed by atoms with Crippen molar-refractivity contribution < 1.29 is 0 Å². The number of rotatable bonds is 0. The highest BCUT2D eigenvalue weighted by molar-refractivity contribution is 5.84. The number of nitrogens with zero attached hydrogens (tertiary/aromatic N) is 2. The Morgan fingerprint density at radius 2 is 2.15 bits per heavy atom. The van der Waals surface area contributed by atoms with E-state index in [-0.39, 0.29) is 0 Å². The van der Waals surface area contributed by atoms with Crippen molar-refractivity contribution in [3.63, 3.8) is 0 Å². The molecule has 0 amide bonds. The van der Waals surface area contributed by atoms with Crippen molar-refractivity contribution in [3.8, 4) is 0 Å². The summed E-state index contributed by atoms with van der Waals surface area (Å²) in [5.41, 5.74) is 4.87. The second kappa shape index (κ2) is 5.07. The average molecular weight is 172 g/mol. The van der Waals surface area contributed by atoms with E-state index in [4.69, 9.17) is 0 Å². The van der Waals surface area contributed by atoms with Crippen LogP contribution < -0.4 is 0 Å². The predicted octanol–water partition coefficient (Wildman–Crippen LogP) is 2.67. The van der Waals surface area contributed by atoms with E-state index in [2.05, 4.69) is 15.7 Å². The summed E-state index contributed by atoms with van der Waals surface area (Å²) in [5.74, 6) is 0. The van der Waals surface area contributed by atoms with Crippen LogP contribution in [-0.4, -0.2) is 11.2 Å². The number of fused-ring (bicyclic) bond motifs is 1. The lowest BCUT2D eigenvalue weighted by Crippen LogP contribution is -1.88. The maximum Gasteiger partial charge on any atom is 0.0890 e. The Balaban J connectivity index is 0.000000396. The molecule has 1 aliphatic rings. The zero-order valence-corrected chi connectivity index (χ0v) is 7.86. The summed E-state index contributed by atoms with van der Waals surface area (Å²) < 4.78 is 0. The van der Waals surface area contributed by atoms with Gasteiger partial charge in [-0.3, -0.25) is 9.98 Å². The van der Waals surface area contributed by atoms with Gasteiger partial charge in [0.15, 0.2) is 0 Å². The van der Waals surface area contributed by atoms with Gasteiger partial charge in [-0.05, 0) is 12.1 Å². The van der Waals surface area contributed by atoms with Gasteiger partial charge in [0.2, 0.25) is 0 Å². The Bertz CT molecular complexity index is 358. The lowest BCUT2D eigenvalue weighted by atomic mass is 10.2. The second-order valence-electron chi connectivity index (χ2n) is 2.20. The average Bonchev–Trinajstić information content (AvgIpc) is 2.45. The van der Waals surface area contributed by atoms with E-state index in [1.807, 2.05) is 32.1 Å². The van der Waals surface area contributed by atoms with Crippen LogP contribution in [0.3, 0.4) is 0 Å². The van der Waals surface area contributed by atoms with Crippen LogP contribution in [0.2, 0.25) is 0 Å². The van der Waals surface area contributed by atoms with Gasteiger partial charge in [-0.25, -0.2) is 0 Å². The van der Waals surface area contributed by atoms with Gasteiger partial charge in [-0.15, -0.1) is 5.73 Å². The van der Waals surface area contributed by atoms with Gasteiger partial charge in [-0.1, -0.05) is 19.9 Å². The number of pyridine rings is 1. The topological polar surface area (TPSA) is 25.2 Å². The molecule has 2 heteroatoms. The Morgan fingerprint density at radius 1 is 1.31 bits per heavy atom. The highest BCUT2D eigenvalue weighted by atomic mass is 14.7. The Labute approximate surface area is 78.4 Å². The highest BCUT2D eigenvalue weighted by Crippen LogP contribution is 2.06. The maximum absolute atomic E-state index is 4.14. The fraction of sp³-hybridized carbons (Fsp3) is 0.182. The second-order valence-corrected chi connectivity index (χ2v) is 2.20. The number of aromatic nitrogens is 1. The molecule has 66 valence electrons. The molecule has 2 rings (SSSR count). The molecule has 13 heavy (non-hydrogen) atoms. The molecule has 2 nitrogen and oxygen atoms in total. The molecule has 0 aliphatic carbocycles. The van der Waals surface area contributed by atoms with Crippen LogP contribution in [0.4, 0.5) is 0 Å². The van der Waals surface area contributed by atoms with E-state index >= 15 is 0 Å². The third-order valence-electron chi connectivity index (χ3n) is 1.46. The minimum atomic E-state index is 0.897. The summed E-state index contributed by atoms with van der Waals surface area (Å²) in [6.45, 7) is 4.00. The summed E-state index contributed by atoms with van der Waals surface area (Å²) in [4.78, 5) is 8.10. The van der Waals surface area contributed by atoms with Gasteiger partial charge in [0, 0.05) is 11.8 Å². The number of hydrogen-bond donors (Lipinski definition) is 0. The third-order valence-corrected chi connectivity index (χ3v) is 1.46. The summed E-state index contributed by atoms with van der Waals surface area (Å²) in [5, 5.41) is 0. The van der Waals surface area contributed by atoms with E-state index in [1.54, 1.807) is 18.6 Å². The molecular formula is C11H12N2. The monoisotopic (exact) mass is 172 g/mol. The molecule has 0 N–H and O–H groups in total. The fourth-order valence-corrected chi connectivity index (χ4v) is 0.938. The van der Waals surface area contributed by atoms with Crippen molar-refractivity contribution in [3.05, 3.63) is 41.5 Å². The summed E-state index contributed by atoms with van der Waals surface area (Å²) in [6, 6.07) is 3.89. The van der Waals surface area contributed by atoms with Crippen molar-refractivity contribution in [2.45, 2.75) is 13.8 Å². The molecule has 0 radical (unpaired) electrons. The minimum Gasteiger partial charge on any atom is -0.255 e. The van der Waals surface area contributed by atoms with E-state index in [1.165, 1.54) is 0 Å². The quantitative estimate of drug-likeness (QED) is 0.552. The molecule has 1 aromatic rings. The minimum absolute atomic E-state index is 0.897. The molecule has 0 unspecified atom stereocenters. The Morgan fingerprint density at radius 3 is 3.00 bits per heavy atom. The first-order valence-corrected chi connectivity index (χ1v) is 4.36. The molecule has 0 atom stereocenters. The lowest BCUT2D eigenvalue weighted by Gasteiger charge is -1.93. The van der Waals surface area contributed by atoms with Gasteiger partial charge in [0.25, 0.3) is 0 Å². The van der Waals surface area contributed by atoms with Crippen LogP contribution in [0, 0.1) is 0 Å². The van der Waals surface area contributed by atoms with Crippen LogP contribution in [-0.2, 0) is 0 Å². The first kappa shape index (κ1) is 9.43. The van der Waals surface area contributed by atoms with Crippen LogP contribution in [0.15, 0.2) is 35.3 Å². The normalized spacial score (nSPS) is 11.2. The molecule has 0 saturated carbocycles. The summed E-state index contributed by atoms with van der Waals surface area (Å²) >= 11 is 0. The van der Waals surface area contributed by atoms with Gasteiger partial charge >= 0.3 is 0 Å². The highest BCUT2D eigenvalue weighted by Gasteiger charge is 1.96. The van der Waals surface area contributed by atoms with Gasteiger partial charge in [-0.2, -0.15) is 0 Å². The van der Waals surface area contributed by atoms with Gasteiger partial charge in [0.1, 0.15) is 0 Å². The van der Waals surface area contributed by atoms with Crippen LogP contribution in [0.1, 0.15) is 25.1 Å². The fourth-order valence-electron chi connectivity index (χ4n) is 0.938. The van der Waals surface area contributed by atoms with Crippen molar-refractivity contribution in [2.75, 3.05) is 0 Å². The van der Waals surface area contributed by atoms with E-state index in [0.29, 0.717) is 0 Å². The molecular weight excluding hydrogens is 160 g/mol. The van der Waals surface area contributed by atoms with E-state index in [9.17, 15) is 0 Å². The molecule has 1 aromatic heterocycles. The van der Waals surface area contributed by atoms with Crippen molar-refractivity contribution >= 4 is 12.3 Å². The number of aliphatic imine (C=N–C) groups is 1. The van der Waals surface area contributed by atoms with Gasteiger partial charge in [0.05, 0.1) is 18.1 Å². The molecule has 2 heterocycles. The molecule has 0 fully saturated rings. The zero-order valence-electron chi connectivity index (χ0n) is 7.86. The van der Waals surface area contributed by atoms with Crippen LogP contribution in [0.25, 0.3) is 6.08 Å². The molecule has 0 saturated heterocycles. The third kappa shape index (κ3) is 2.39. The summed E-state index contributed by atoms with van der Waals surface area (Å²) in [6.07, 6.45) is 6.98. The Kier molecular flexibility index (Phi) is 3.68. The van der Waals surface area contributed by atoms with E-state index < -0.39 is 0 Å². The predicted molar refractivity (Wildman–Crippen MR) is 55.7 cm³/mol. The molecule has 1 aliphatic heterocycles. The van der Waals surface area contributed by atoms with Crippen LogP contribution in [0.5, 0.6) is 0 Å². The van der Waals surface area contributed by atoms with Gasteiger partial charge < -0.3 is 0 Å². The maximum atomic E-state index is 4.14.